The standard InChI is InChI=1S/C21H19BrN4O3S/c22-17-5-1-2-7-19(17)30(28,29)26-11-15-16(12-26)20(15)25-21(27)24-18-6-3-4-13-10-23-9-8-14(13)18/h1-10,15-16,20H,11-12H2,(H2,24,25,27). The maximum absolute atomic E-state index is 12.9. The molecule has 2 aliphatic rings. The van der Waals surface area contributed by atoms with Crippen molar-refractivity contribution in [2.75, 3.05) is 18.4 Å². The summed E-state index contributed by atoms with van der Waals surface area (Å²) in [6, 6.07) is 14.1. The van der Waals surface area contributed by atoms with Crippen LogP contribution in [-0.4, -0.2) is 42.9 Å². The van der Waals surface area contributed by atoms with Crippen molar-refractivity contribution in [1.29, 1.82) is 0 Å². The number of hydrogen-bond donors (Lipinski definition) is 2. The number of rotatable bonds is 4. The number of sulfonamides is 1. The van der Waals surface area contributed by atoms with Crippen LogP contribution in [0.5, 0.6) is 0 Å². The minimum atomic E-state index is -3.54. The molecule has 2 unspecified atom stereocenters. The molecule has 2 heterocycles. The predicted molar refractivity (Wildman–Crippen MR) is 118 cm³/mol. The molecule has 9 heteroatoms. The largest absolute Gasteiger partial charge is 0.334 e. The fraction of sp³-hybridized carbons (Fsp3) is 0.238. The fourth-order valence-electron chi connectivity index (χ4n) is 4.23. The highest BCUT2D eigenvalue weighted by molar-refractivity contribution is 9.10. The minimum Gasteiger partial charge on any atom is -0.334 e. The van der Waals surface area contributed by atoms with Crippen LogP contribution in [0.3, 0.4) is 0 Å². The number of nitrogens with zero attached hydrogens (tertiary/aromatic N) is 2. The molecule has 5 rings (SSSR count). The summed E-state index contributed by atoms with van der Waals surface area (Å²) in [6.45, 7) is 0.832. The summed E-state index contributed by atoms with van der Waals surface area (Å²) < 4.78 is 27.9. The number of fused-ring (bicyclic) bond motifs is 2. The normalized spacial score (nSPS) is 23.2. The highest BCUT2D eigenvalue weighted by Gasteiger charge is 2.58. The highest BCUT2D eigenvalue weighted by Crippen LogP contribution is 2.47. The highest BCUT2D eigenvalue weighted by atomic mass is 79.9. The summed E-state index contributed by atoms with van der Waals surface area (Å²) in [7, 11) is -3.54. The lowest BCUT2D eigenvalue weighted by atomic mass is 10.1. The molecular weight excluding hydrogens is 468 g/mol. The molecule has 0 radical (unpaired) electrons. The fourth-order valence-corrected chi connectivity index (χ4v) is 6.71. The molecule has 1 saturated carbocycles. The van der Waals surface area contributed by atoms with Gasteiger partial charge in [-0.25, -0.2) is 13.2 Å². The van der Waals surface area contributed by atoms with E-state index in [2.05, 4.69) is 31.5 Å². The molecule has 154 valence electrons. The number of halogens is 1. The van der Waals surface area contributed by atoms with Crippen LogP contribution in [0.25, 0.3) is 10.8 Å². The Morgan fingerprint density at radius 3 is 2.60 bits per heavy atom. The molecule has 2 N–H and O–H groups in total. The van der Waals surface area contributed by atoms with E-state index in [1.54, 1.807) is 36.7 Å². The molecule has 1 aliphatic carbocycles. The van der Waals surface area contributed by atoms with Gasteiger partial charge in [-0.3, -0.25) is 4.98 Å². The third-order valence-corrected chi connectivity index (χ3v) is 8.69. The average Bonchev–Trinajstić information content (AvgIpc) is 3.16. The van der Waals surface area contributed by atoms with Gasteiger partial charge in [0.05, 0.1) is 10.6 Å². The molecule has 3 aromatic rings. The molecule has 7 nitrogen and oxygen atoms in total. The molecule has 30 heavy (non-hydrogen) atoms. The van der Waals surface area contributed by atoms with Gasteiger partial charge in [0, 0.05) is 46.8 Å². The molecule has 1 aliphatic heterocycles. The number of amides is 2. The van der Waals surface area contributed by atoms with E-state index in [0.29, 0.717) is 17.6 Å². The van der Waals surface area contributed by atoms with Crippen molar-refractivity contribution in [3.05, 3.63) is 65.4 Å². The van der Waals surface area contributed by atoms with Crippen molar-refractivity contribution in [2.24, 2.45) is 11.8 Å². The van der Waals surface area contributed by atoms with Gasteiger partial charge >= 0.3 is 6.03 Å². The Bertz CT molecular complexity index is 1230. The number of urea groups is 1. The number of nitrogens with one attached hydrogen (secondary N) is 2. The Balaban J connectivity index is 1.22. The van der Waals surface area contributed by atoms with Crippen LogP contribution in [0.1, 0.15) is 0 Å². The van der Waals surface area contributed by atoms with Gasteiger partial charge in [-0.2, -0.15) is 4.31 Å². The lowest BCUT2D eigenvalue weighted by Crippen LogP contribution is -2.39. The number of hydrogen-bond acceptors (Lipinski definition) is 4. The molecule has 1 aromatic heterocycles. The molecule has 2 fully saturated rings. The minimum absolute atomic E-state index is 0.00712. The van der Waals surface area contributed by atoms with E-state index >= 15 is 0 Å². The molecule has 1 saturated heterocycles. The molecule has 2 amide bonds. The quantitative estimate of drug-likeness (QED) is 0.590. The second-order valence-electron chi connectivity index (χ2n) is 7.61. The lowest BCUT2D eigenvalue weighted by Gasteiger charge is -2.20. The number of piperidine rings is 1. The Labute approximate surface area is 182 Å². The summed E-state index contributed by atoms with van der Waals surface area (Å²) in [4.78, 5) is 16.9. The van der Waals surface area contributed by atoms with Gasteiger partial charge in [0.1, 0.15) is 0 Å². The first kappa shape index (κ1) is 19.5. The lowest BCUT2D eigenvalue weighted by molar-refractivity contribution is 0.250. The van der Waals surface area contributed by atoms with Gasteiger partial charge < -0.3 is 10.6 Å². The number of aromatic nitrogens is 1. The number of carbonyl (C=O) groups excluding carboxylic acids is 1. The molecular formula is C21H19BrN4O3S. The third kappa shape index (κ3) is 3.36. The van der Waals surface area contributed by atoms with Gasteiger partial charge in [0.2, 0.25) is 10.0 Å². The van der Waals surface area contributed by atoms with Crippen molar-refractivity contribution in [1.82, 2.24) is 14.6 Å². The van der Waals surface area contributed by atoms with Crippen LogP contribution in [-0.2, 0) is 10.0 Å². The first-order valence-corrected chi connectivity index (χ1v) is 11.8. The van der Waals surface area contributed by atoms with Crippen molar-refractivity contribution >= 4 is 48.4 Å². The number of anilines is 1. The third-order valence-electron chi connectivity index (χ3n) is 5.84. The van der Waals surface area contributed by atoms with Gasteiger partial charge in [0.25, 0.3) is 0 Å². The van der Waals surface area contributed by atoms with Crippen molar-refractivity contribution in [2.45, 2.75) is 10.9 Å². The first-order valence-electron chi connectivity index (χ1n) is 9.60. The number of carbonyl (C=O) groups is 1. The van der Waals surface area contributed by atoms with E-state index in [1.807, 2.05) is 24.3 Å². The van der Waals surface area contributed by atoms with E-state index in [-0.39, 0.29) is 28.8 Å². The van der Waals surface area contributed by atoms with E-state index in [0.717, 1.165) is 16.5 Å². The summed E-state index contributed by atoms with van der Waals surface area (Å²) in [5.74, 6) is 0.287. The van der Waals surface area contributed by atoms with E-state index in [4.69, 9.17) is 0 Å². The maximum Gasteiger partial charge on any atom is 0.319 e. The van der Waals surface area contributed by atoms with Crippen molar-refractivity contribution in [3.8, 4) is 0 Å². The summed E-state index contributed by atoms with van der Waals surface area (Å²) in [6.07, 6.45) is 3.45. The van der Waals surface area contributed by atoms with Crippen LogP contribution < -0.4 is 10.6 Å². The summed E-state index contributed by atoms with van der Waals surface area (Å²) in [5.41, 5.74) is 0.719. The van der Waals surface area contributed by atoms with E-state index in [9.17, 15) is 13.2 Å². The van der Waals surface area contributed by atoms with Crippen LogP contribution >= 0.6 is 15.9 Å². The van der Waals surface area contributed by atoms with Crippen LogP contribution in [0.15, 0.2) is 70.3 Å². The molecule has 2 aromatic carbocycles. The second-order valence-corrected chi connectivity index (χ2v) is 10.4. The summed E-state index contributed by atoms with van der Waals surface area (Å²) in [5, 5.41) is 7.77. The predicted octanol–water partition coefficient (Wildman–Crippen LogP) is 3.44. The average molecular weight is 487 g/mol. The maximum atomic E-state index is 12.9. The van der Waals surface area contributed by atoms with Crippen LogP contribution in [0.4, 0.5) is 10.5 Å². The monoisotopic (exact) mass is 486 g/mol. The van der Waals surface area contributed by atoms with E-state index in [1.165, 1.54) is 4.31 Å². The SMILES string of the molecule is O=C(Nc1cccc2cnccc12)NC1C2CN(S(=O)(=O)c3ccccc3Br)CC21. The molecule has 0 spiro atoms. The Morgan fingerprint density at radius 1 is 1.07 bits per heavy atom. The van der Waals surface area contributed by atoms with Crippen LogP contribution in [0.2, 0.25) is 0 Å². The molecule has 0 bridgehead atoms. The Kier molecular flexibility index (Phi) is 4.76. The first-order chi connectivity index (χ1) is 14.4. The van der Waals surface area contributed by atoms with Gasteiger partial charge in [-0.1, -0.05) is 24.3 Å². The van der Waals surface area contributed by atoms with Crippen molar-refractivity contribution < 1.29 is 13.2 Å². The van der Waals surface area contributed by atoms with Gasteiger partial charge in [-0.15, -0.1) is 0 Å². The topological polar surface area (TPSA) is 91.4 Å². The van der Waals surface area contributed by atoms with Crippen molar-refractivity contribution in [3.63, 3.8) is 0 Å². The smallest absolute Gasteiger partial charge is 0.319 e. The number of benzene rings is 2. The van der Waals surface area contributed by atoms with E-state index < -0.39 is 10.0 Å². The second kappa shape index (κ2) is 7.33. The zero-order valence-corrected chi connectivity index (χ0v) is 18.2. The Morgan fingerprint density at radius 2 is 1.83 bits per heavy atom. The van der Waals surface area contributed by atoms with Crippen LogP contribution in [0, 0.1) is 11.8 Å². The van der Waals surface area contributed by atoms with Gasteiger partial charge in [-0.05, 0) is 52.0 Å². The zero-order chi connectivity index (χ0) is 20.9. The zero-order valence-electron chi connectivity index (χ0n) is 15.8. The van der Waals surface area contributed by atoms with Gasteiger partial charge in [0.15, 0.2) is 0 Å². The summed E-state index contributed by atoms with van der Waals surface area (Å²) >= 11 is 3.32. The Hall–Kier alpha value is -2.49. The molecule has 2 atom stereocenters. The number of pyridine rings is 1.